The molecule has 1 aliphatic carbocycles. The third kappa shape index (κ3) is 3.29. The van der Waals surface area contributed by atoms with Gasteiger partial charge in [0, 0.05) is 13.7 Å². The van der Waals surface area contributed by atoms with Crippen molar-refractivity contribution in [2.75, 3.05) is 13.7 Å². The summed E-state index contributed by atoms with van der Waals surface area (Å²) in [4.78, 5) is 14.9. The molecule has 0 spiro atoms. The Labute approximate surface area is 177 Å². The Kier molecular flexibility index (Phi) is 5.15. The van der Waals surface area contributed by atoms with Crippen molar-refractivity contribution in [3.63, 3.8) is 0 Å². The topological polar surface area (TPSA) is 91.4 Å². The molecule has 4 rings (SSSR count). The summed E-state index contributed by atoms with van der Waals surface area (Å²) in [6.45, 7) is 4.68. The van der Waals surface area contributed by atoms with E-state index in [9.17, 15) is 10.1 Å². The van der Waals surface area contributed by atoms with E-state index in [0.717, 1.165) is 29.5 Å². The van der Waals surface area contributed by atoms with Crippen LogP contribution in [0.5, 0.6) is 0 Å². The average molecular weight is 405 g/mol. The van der Waals surface area contributed by atoms with Crippen LogP contribution >= 0.6 is 0 Å². The number of carbonyl (C=O) groups excluding carboxylic acids is 1. The van der Waals surface area contributed by atoms with Crippen LogP contribution < -0.4 is 11.1 Å². The SMILES string of the molecule is CCOC1(c2ccc([C@H]3C(=O)N(C)C(N)N[C@]3(C)c3cccc(C#N)c3)cc2)CC1. The lowest BCUT2D eigenvalue weighted by molar-refractivity contribution is -0.142. The fourth-order valence-corrected chi connectivity index (χ4v) is 4.60. The second kappa shape index (κ2) is 7.51. The molecular formula is C24H28N4O2. The smallest absolute Gasteiger partial charge is 0.234 e. The van der Waals surface area contributed by atoms with Gasteiger partial charge in [0.05, 0.1) is 28.7 Å². The highest BCUT2D eigenvalue weighted by atomic mass is 16.5. The lowest BCUT2D eigenvalue weighted by Crippen LogP contribution is -2.68. The largest absolute Gasteiger partial charge is 0.371 e. The first-order valence-electron chi connectivity index (χ1n) is 10.4. The van der Waals surface area contributed by atoms with Gasteiger partial charge in [0.1, 0.15) is 6.29 Å². The molecule has 1 amide bonds. The van der Waals surface area contributed by atoms with Gasteiger partial charge in [-0.2, -0.15) is 5.26 Å². The predicted molar refractivity (Wildman–Crippen MR) is 114 cm³/mol. The number of hydrogen-bond donors (Lipinski definition) is 2. The summed E-state index contributed by atoms with van der Waals surface area (Å²) in [7, 11) is 1.71. The van der Waals surface area contributed by atoms with E-state index >= 15 is 0 Å². The molecule has 1 saturated carbocycles. The van der Waals surface area contributed by atoms with Crippen molar-refractivity contribution >= 4 is 5.91 Å². The number of hydrogen-bond acceptors (Lipinski definition) is 5. The van der Waals surface area contributed by atoms with Crippen molar-refractivity contribution < 1.29 is 9.53 Å². The number of benzene rings is 2. The van der Waals surface area contributed by atoms with Gasteiger partial charge in [-0.25, -0.2) is 0 Å². The minimum absolute atomic E-state index is 0.0511. The lowest BCUT2D eigenvalue weighted by atomic mass is 9.73. The number of carbonyl (C=O) groups is 1. The number of amides is 1. The molecule has 30 heavy (non-hydrogen) atoms. The van der Waals surface area contributed by atoms with Gasteiger partial charge in [0.15, 0.2) is 0 Å². The van der Waals surface area contributed by atoms with E-state index < -0.39 is 17.7 Å². The number of nitriles is 1. The van der Waals surface area contributed by atoms with Crippen molar-refractivity contribution in [3.8, 4) is 6.07 Å². The molecule has 1 heterocycles. The van der Waals surface area contributed by atoms with Crippen LogP contribution in [0.15, 0.2) is 48.5 Å². The molecule has 3 atom stereocenters. The summed E-state index contributed by atoms with van der Waals surface area (Å²) in [6, 6.07) is 17.8. The molecule has 0 aromatic heterocycles. The second-order valence-corrected chi connectivity index (χ2v) is 8.42. The molecule has 1 aliphatic heterocycles. The van der Waals surface area contributed by atoms with Crippen LogP contribution in [0.1, 0.15) is 54.9 Å². The minimum atomic E-state index is -0.755. The van der Waals surface area contributed by atoms with Crippen molar-refractivity contribution in [1.29, 1.82) is 5.26 Å². The molecule has 3 N–H and O–H groups in total. The van der Waals surface area contributed by atoms with Gasteiger partial charge in [-0.05, 0) is 55.5 Å². The van der Waals surface area contributed by atoms with Crippen molar-refractivity contribution in [2.45, 2.75) is 50.0 Å². The maximum atomic E-state index is 13.4. The normalized spacial score (nSPS) is 27.6. The van der Waals surface area contributed by atoms with Crippen LogP contribution in [0, 0.1) is 11.3 Å². The monoisotopic (exact) mass is 404 g/mol. The van der Waals surface area contributed by atoms with E-state index in [2.05, 4.69) is 23.5 Å². The Morgan fingerprint density at radius 3 is 2.53 bits per heavy atom. The number of likely N-dealkylation sites (N-methyl/N-ethyl adjacent to an activating group) is 1. The van der Waals surface area contributed by atoms with Crippen molar-refractivity contribution in [1.82, 2.24) is 10.2 Å². The van der Waals surface area contributed by atoms with Crippen LogP contribution in [0.4, 0.5) is 0 Å². The molecule has 2 fully saturated rings. The molecule has 0 radical (unpaired) electrons. The first kappa shape index (κ1) is 20.5. The summed E-state index contributed by atoms with van der Waals surface area (Å²) in [5.74, 6) is -0.530. The molecule has 156 valence electrons. The maximum absolute atomic E-state index is 13.4. The first-order valence-corrected chi connectivity index (χ1v) is 10.4. The molecule has 0 bridgehead atoms. The molecule has 2 aliphatic rings. The first-order chi connectivity index (χ1) is 14.3. The zero-order valence-corrected chi connectivity index (χ0v) is 17.7. The second-order valence-electron chi connectivity index (χ2n) is 8.42. The van der Waals surface area contributed by atoms with Crippen LogP contribution in [-0.4, -0.2) is 30.8 Å². The van der Waals surface area contributed by atoms with Gasteiger partial charge >= 0.3 is 0 Å². The van der Waals surface area contributed by atoms with Gasteiger partial charge in [-0.1, -0.05) is 36.4 Å². The van der Waals surface area contributed by atoms with Crippen LogP contribution in [0.25, 0.3) is 0 Å². The maximum Gasteiger partial charge on any atom is 0.234 e. The van der Waals surface area contributed by atoms with E-state index in [1.165, 1.54) is 4.90 Å². The van der Waals surface area contributed by atoms with Crippen molar-refractivity contribution in [3.05, 3.63) is 70.8 Å². The highest BCUT2D eigenvalue weighted by molar-refractivity contribution is 5.86. The third-order valence-electron chi connectivity index (χ3n) is 6.52. The zero-order valence-electron chi connectivity index (χ0n) is 17.7. The van der Waals surface area contributed by atoms with Crippen LogP contribution in [0.2, 0.25) is 0 Å². The van der Waals surface area contributed by atoms with Crippen LogP contribution in [-0.2, 0) is 20.7 Å². The average Bonchev–Trinajstić information content (AvgIpc) is 3.53. The van der Waals surface area contributed by atoms with Gasteiger partial charge in [-0.3, -0.25) is 15.8 Å². The number of rotatable bonds is 5. The summed E-state index contributed by atoms with van der Waals surface area (Å²) in [5.41, 5.74) is 8.79. The molecule has 1 saturated heterocycles. The number of ether oxygens (including phenoxy) is 1. The van der Waals surface area contributed by atoms with Gasteiger partial charge < -0.3 is 9.64 Å². The Morgan fingerprint density at radius 1 is 1.23 bits per heavy atom. The summed E-state index contributed by atoms with van der Waals surface area (Å²) in [5, 5.41) is 12.8. The Balaban J connectivity index is 1.76. The standard InChI is InChI=1S/C24H28N4O2/c1-4-30-24(12-13-24)18-10-8-17(9-11-18)20-21(29)28(3)22(26)27-23(20,2)19-7-5-6-16(14-19)15-25/h5-11,14,20,22,27H,4,12-13,26H2,1-3H3/t20-,22?,23+/m0/s1. The Hall–Kier alpha value is -2.72. The highest BCUT2D eigenvalue weighted by Gasteiger charge is 2.49. The molecule has 6 nitrogen and oxygen atoms in total. The number of nitrogens with two attached hydrogens (primary N) is 1. The summed E-state index contributed by atoms with van der Waals surface area (Å²) >= 11 is 0. The van der Waals surface area contributed by atoms with Gasteiger partial charge in [0.2, 0.25) is 5.91 Å². The number of nitrogens with zero attached hydrogens (tertiary/aromatic N) is 2. The van der Waals surface area contributed by atoms with Crippen LogP contribution in [0.3, 0.4) is 0 Å². The summed E-state index contributed by atoms with van der Waals surface area (Å²) < 4.78 is 5.97. The molecular weight excluding hydrogens is 376 g/mol. The van der Waals surface area contributed by atoms with E-state index in [1.54, 1.807) is 13.1 Å². The van der Waals surface area contributed by atoms with E-state index in [0.29, 0.717) is 12.2 Å². The number of nitrogens with one attached hydrogen (secondary N) is 1. The lowest BCUT2D eigenvalue weighted by Gasteiger charge is -2.48. The van der Waals surface area contributed by atoms with E-state index in [4.69, 9.17) is 10.5 Å². The molecule has 1 unspecified atom stereocenters. The third-order valence-corrected chi connectivity index (χ3v) is 6.52. The quantitative estimate of drug-likeness (QED) is 0.800. The fraction of sp³-hybridized carbons (Fsp3) is 0.417. The fourth-order valence-electron chi connectivity index (χ4n) is 4.60. The zero-order chi connectivity index (χ0) is 21.5. The van der Waals surface area contributed by atoms with Crippen molar-refractivity contribution in [2.24, 2.45) is 5.73 Å². The highest BCUT2D eigenvalue weighted by Crippen LogP contribution is 2.50. The Bertz CT molecular complexity index is 993. The van der Waals surface area contributed by atoms with Gasteiger partial charge in [-0.15, -0.1) is 0 Å². The summed E-state index contributed by atoms with van der Waals surface area (Å²) in [6.07, 6.45) is 1.44. The molecule has 2 aromatic carbocycles. The molecule has 2 aromatic rings. The minimum Gasteiger partial charge on any atom is -0.371 e. The van der Waals surface area contributed by atoms with Gasteiger partial charge in [0.25, 0.3) is 0 Å². The predicted octanol–water partition coefficient (Wildman–Crippen LogP) is 2.89. The van der Waals surface area contributed by atoms with E-state index in [-0.39, 0.29) is 11.5 Å². The van der Waals surface area contributed by atoms with E-state index in [1.807, 2.05) is 44.2 Å². The molecule has 6 heteroatoms. The Morgan fingerprint density at radius 2 is 1.93 bits per heavy atom.